The predicted molar refractivity (Wildman–Crippen MR) is 109 cm³/mol. The van der Waals surface area contributed by atoms with Gasteiger partial charge in [0.15, 0.2) is 0 Å². The van der Waals surface area contributed by atoms with Crippen LogP contribution < -0.4 is 15.4 Å². The van der Waals surface area contributed by atoms with E-state index in [1.54, 1.807) is 0 Å². The SMILES string of the molecule is C=CC(=O)N[C@@H]1CCC[C@H](C(=O)Nc2cc(-c3ccc(F)cc3OC)c(F)cn2)C1. The summed E-state index contributed by atoms with van der Waals surface area (Å²) in [5, 5.41) is 5.55. The van der Waals surface area contributed by atoms with Crippen LogP contribution in [-0.4, -0.2) is 29.9 Å². The molecule has 1 aliphatic rings. The van der Waals surface area contributed by atoms with E-state index in [1.165, 1.54) is 31.4 Å². The summed E-state index contributed by atoms with van der Waals surface area (Å²) >= 11 is 0. The number of benzene rings is 1. The van der Waals surface area contributed by atoms with E-state index < -0.39 is 11.6 Å². The molecule has 1 aromatic heterocycles. The molecule has 0 saturated heterocycles. The van der Waals surface area contributed by atoms with Crippen LogP contribution in [0.5, 0.6) is 5.75 Å². The maximum absolute atomic E-state index is 14.4. The van der Waals surface area contributed by atoms with Gasteiger partial charge in [-0.25, -0.2) is 13.8 Å². The summed E-state index contributed by atoms with van der Waals surface area (Å²) in [6.07, 6.45) is 5.00. The molecule has 0 unspecified atom stereocenters. The number of pyridine rings is 1. The van der Waals surface area contributed by atoms with Crippen LogP contribution >= 0.6 is 0 Å². The quantitative estimate of drug-likeness (QED) is 0.703. The number of nitrogens with one attached hydrogen (secondary N) is 2. The van der Waals surface area contributed by atoms with Gasteiger partial charge in [-0.05, 0) is 43.5 Å². The Morgan fingerprint density at radius 1 is 1.23 bits per heavy atom. The second-order valence-corrected chi connectivity index (χ2v) is 7.16. The average Bonchev–Trinajstić information content (AvgIpc) is 2.75. The van der Waals surface area contributed by atoms with Crippen LogP contribution in [0, 0.1) is 17.6 Å². The molecular formula is C22H23F2N3O3. The Labute approximate surface area is 173 Å². The Balaban J connectivity index is 1.76. The van der Waals surface area contributed by atoms with Crippen molar-refractivity contribution in [1.82, 2.24) is 10.3 Å². The molecule has 2 amide bonds. The number of methoxy groups -OCH3 is 1. The Bertz CT molecular complexity index is 965. The van der Waals surface area contributed by atoms with Crippen molar-refractivity contribution in [3.63, 3.8) is 0 Å². The summed E-state index contributed by atoms with van der Waals surface area (Å²) in [4.78, 5) is 28.2. The van der Waals surface area contributed by atoms with Gasteiger partial charge in [0, 0.05) is 29.2 Å². The van der Waals surface area contributed by atoms with Gasteiger partial charge in [0.2, 0.25) is 11.8 Å². The number of nitrogens with zero attached hydrogens (tertiary/aromatic N) is 1. The summed E-state index contributed by atoms with van der Waals surface area (Å²) in [5.74, 6) is -1.59. The molecule has 1 heterocycles. The highest BCUT2D eigenvalue weighted by atomic mass is 19.1. The molecule has 158 valence electrons. The van der Waals surface area contributed by atoms with Crippen molar-refractivity contribution in [1.29, 1.82) is 0 Å². The second-order valence-electron chi connectivity index (χ2n) is 7.16. The maximum Gasteiger partial charge on any atom is 0.243 e. The van der Waals surface area contributed by atoms with Crippen molar-refractivity contribution < 1.29 is 23.1 Å². The number of hydrogen-bond donors (Lipinski definition) is 2. The lowest BCUT2D eigenvalue weighted by molar-refractivity contribution is -0.122. The molecular weight excluding hydrogens is 392 g/mol. The normalized spacial score (nSPS) is 18.4. The maximum atomic E-state index is 14.4. The largest absolute Gasteiger partial charge is 0.496 e. The van der Waals surface area contributed by atoms with Gasteiger partial charge in [-0.1, -0.05) is 13.0 Å². The van der Waals surface area contributed by atoms with Crippen molar-refractivity contribution in [3.8, 4) is 16.9 Å². The Kier molecular flexibility index (Phi) is 6.76. The fraction of sp³-hybridized carbons (Fsp3) is 0.318. The van der Waals surface area contributed by atoms with Crippen molar-refractivity contribution in [2.24, 2.45) is 5.92 Å². The van der Waals surface area contributed by atoms with E-state index in [4.69, 9.17) is 4.74 Å². The van der Waals surface area contributed by atoms with E-state index in [2.05, 4.69) is 22.2 Å². The third kappa shape index (κ3) is 5.00. The zero-order valence-electron chi connectivity index (χ0n) is 16.6. The second kappa shape index (κ2) is 9.47. The van der Waals surface area contributed by atoms with E-state index in [0.717, 1.165) is 25.1 Å². The fourth-order valence-corrected chi connectivity index (χ4v) is 3.65. The highest BCUT2D eigenvalue weighted by Crippen LogP contribution is 2.33. The summed E-state index contributed by atoms with van der Waals surface area (Å²) in [5.41, 5.74) is 0.482. The molecule has 2 N–H and O–H groups in total. The van der Waals surface area contributed by atoms with Crippen LogP contribution in [-0.2, 0) is 9.59 Å². The first-order chi connectivity index (χ1) is 14.4. The number of aromatic nitrogens is 1. The van der Waals surface area contributed by atoms with Gasteiger partial charge >= 0.3 is 0 Å². The van der Waals surface area contributed by atoms with E-state index in [1.807, 2.05) is 0 Å². The van der Waals surface area contributed by atoms with Gasteiger partial charge in [-0.2, -0.15) is 0 Å². The van der Waals surface area contributed by atoms with Gasteiger partial charge in [0.05, 0.1) is 13.3 Å². The highest BCUT2D eigenvalue weighted by Gasteiger charge is 2.28. The smallest absolute Gasteiger partial charge is 0.243 e. The lowest BCUT2D eigenvalue weighted by Gasteiger charge is -2.28. The molecule has 3 rings (SSSR count). The zero-order chi connectivity index (χ0) is 21.7. The monoisotopic (exact) mass is 415 g/mol. The summed E-state index contributed by atoms with van der Waals surface area (Å²) < 4.78 is 33.0. The molecule has 1 aromatic carbocycles. The number of rotatable bonds is 6. The lowest BCUT2D eigenvalue weighted by Crippen LogP contribution is -2.40. The van der Waals surface area contributed by atoms with E-state index in [9.17, 15) is 18.4 Å². The molecule has 30 heavy (non-hydrogen) atoms. The molecule has 0 spiro atoms. The van der Waals surface area contributed by atoms with Crippen LogP contribution in [0.3, 0.4) is 0 Å². The molecule has 1 fully saturated rings. The third-order valence-electron chi connectivity index (χ3n) is 5.14. The number of carbonyl (C=O) groups is 2. The number of anilines is 1. The molecule has 2 aromatic rings. The van der Waals surface area contributed by atoms with Gasteiger partial charge in [-0.3, -0.25) is 9.59 Å². The van der Waals surface area contributed by atoms with E-state index in [-0.39, 0.29) is 40.9 Å². The molecule has 6 nitrogen and oxygen atoms in total. The van der Waals surface area contributed by atoms with Crippen molar-refractivity contribution in [2.75, 3.05) is 12.4 Å². The number of ether oxygens (including phenoxy) is 1. The number of hydrogen-bond acceptors (Lipinski definition) is 4. The van der Waals surface area contributed by atoms with Gasteiger partial charge in [-0.15, -0.1) is 0 Å². The molecule has 1 saturated carbocycles. The topological polar surface area (TPSA) is 80.3 Å². The Hall–Kier alpha value is -3.29. The van der Waals surface area contributed by atoms with Crippen LogP contribution in [0.15, 0.2) is 43.1 Å². The predicted octanol–water partition coefficient (Wildman–Crippen LogP) is 3.83. The molecule has 0 radical (unpaired) electrons. The fourth-order valence-electron chi connectivity index (χ4n) is 3.65. The first kappa shape index (κ1) is 21.4. The molecule has 2 atom stereocenters. The highest BCUT2D eigenvalue weighted by molar-refractivity contribution is 5.92. The molecule has 8 heteroatoms. The number of amides is 2. The molecule has 1 aliphatic carbocycles. The standard InChI is InChI=1S/C22H23F2N3O3/c1-3-21(28)26-15-6-4-5-13(9-15)22(29)27-20-11-17(18(24)12-25-20)16-8-7-14(23)10-19(16)30-2/h3,7-8,10-13,15H,1,4-6,9H2,2H3,(H,26,28)(H,25,27,29)/t13-,15+/m0/s1. The lowest BCUT2D eigenvalue weighted by atomic mass is 9.85. The van der Waals surface area contributed by atoms with Crippen LogP contribution in [0.2, 0.25) is 0 Å². The van der Waals surface area contributed by atoms with Gasteiger partial charge < -0.3 is 15.4 Å². The average molecular weight is 415 g/mol. The van der Waals surface area contributed by atoms with Crippen molar-refractivity contribution >= 4 is 17.6 Å². The minimum Gasteiger partial charge on any atom is -0.496 e. The molecule has 0 bridgehead atoms. The van der Waals surface area contributed by atoms with Gasteiger partial charge in [0.25, 0.3) is 0 Å². The first-order valence-corrected chi connectivity index (χ1v) is 9.64. The Morgan fingerprint density at radius 2 is 2.03 bits per heavy atom. The van der Waals surface area contributed by atoms with E-state index >= 15 is 0 Å². The summed E-state index contributed by atoms with van der Waals surface area (Å²) in [7, 11) is 1.37. The molecule has 0 aliphatic heterocycles. The van der Waals surface area contributed by atoms with Gasteiger partial charge in [0.1, 0.15) is 23.2 Å². The first-order valence-electron chi connectivity index (χ1n) is 9.64. The van der Waals surface area contributed by atoms with Crippen LogP contribution in [0.4, 0.5) is 14.6 Å². The number of carbonyl (C=O) groups excluding carboxylic acids is 2. The van der Waals surface area contributed by atoms with Crippen molar-refractivity contribution in [2.45, 2.75) is 31.7 Å². The minimum absolute atomic E-state index is 0.0970. The summed E-state index contributed by atoms with van der Waals surface area (Å²) in [6.45, 7) is 3.43. The van der Waals surface area contributed by atoms with Crippen LogP contribution in [0.1, 0.15) is 25.7 Å². The van der Waals surface area contributed by atoms with Crippen molar-refractivity contribution in [3.05, 3.63) is 54.8 Å². The zero-order valence-corrected chi connectivity index (χ0v) is 16.6. The Morgan fingerprint density at radius 3 is 2.77 bits per heavy atom. The van der Waals surface area contributed by atoms with E-state index in [0.29, 0.717) is 18.4 Å². The van der Waals surface area contributed by atoms with Crippen LogP contribution in [0.25, 0.3) is 11.1 Å². The minimum atomic E-state index is -0.622. The summed E-state index contributed by atoms with van der Waals surface area (Å²) in [6, 6.07) is 5.07. The number of halogens is 2. The third-order valence-corrected chi connectivity index (χ3v) is 5.14.